The number of hydrogen-bond acceptors (Lipinski definition) is 9. The molecule has 13 heteroatoms. The molecule has 1 saturated heterocycles. The van der Waals surface area contributed by atoms with Gasteiger partial charge >= 0.3 is 5.97 Å². The van der Waals surface area contributed by atoms with E-state index in [-0.39, 0.29) is 30.3 Å². The second kappa shape index (κ2) is 7.25. The van der Waals surface area contributed by atoms with Crippen LogP contribution in [0.1, 0.15) is 13.3 Å². The third kappa shape index (κ3) is 3.29. The van der Waals surface area contributed by atoms with E-state index in [1.807, 2.05) is 0 Å². The number of nitrogens with two attached hydrogens (primary N) is 1. The molecule has 2 amide bonds. The molecule has 0 saturated carbocycles. The molecule has 3 heterocycles. The summed E-state index contributed by atoms with van der Waals surface area (Å²) in [7, 11) is 0. The molecule has 1 aromatic heterocycles. The van der Waals surface area contributed by atoms with Crippen LogP contribution in [-0.2, 0) is 20.9 Å². The predicted molar refractivity (Wildman–Crippen MR) is 90.4 cm³/mol. The zero-order valence-electron chi connectivity index (χ0n) is 13.6. The maximum Gasteiger partial charge on any atom is 0.353 e. The van der Waals surface area contributed by atoms with E-state index in [2.05, 4.69) is 15.5 Å². The van der Waals surface area contributed by atoms with Crippen LogP contribution in [0.5, 0.6) is 0 Å². The lowest BCUT2D eigenvalue weighted by Gasteiger charge is -2.43. The van der Waals surface area contributed by atoms with Gasteiger partial charge in [0.05, 0.1) is 18.6 Å². The van der Waals surface area contributed by atoms with Gasteiger partial charge in [0.1, 0.15) is 11.1 Å². The number of primary amides is 1. The molecule has 1 fully saturated rings. The summed E-state index contributed by atoms with van der Waals surface area (Å²) in [4.78, 5) is 36.4. The number of carboxylic acids is 1. The van der Waals surface area contributed by atoms with E-state index < -0.39 is 29.3 Å². The fourth-order valence-corrected chi connectivity index (χ4v) is 5.35. The van der Waals surface area contributed by atoms with Crippen LogP contribution in [0.15, 0.2) is 15.8 Å². The largest absolute Gasteiger partial charge is 0.477 e. The van der Waals surface area contributed by atoms with Crippen molar-refractivity contribution in [1.82, 2.24) is 25.1 Å². The van der Waals surface area contributed by atoms with Crippen molar-refractivity contribution in [3.63, 3.8) is 0 Å². The fourth-order valence-electron chi connectivity index (χ4n) is 2.74. The van der Waals surface area contributed by atoms with Gasteiger partial charge in [0.25, 0.3) is 0 Å². The van der Waals surface area contributed by atoms with Crippen LogP contribution in [0.25, 0.3) is 0 Å². The average Bonchev–Trinajstić information content (AvgIpc) is 3.12. The predicted octanol–water partition coefficient (Wildman–Crippen LogP) is -1.15. The first-order valence-corrected chi connectivity index (χ1v) is 9.49. The lowest BCUT2D eigenvalue weighted by molar-refractivity contribution is -0.156. The first kappa shape index (κ1) is 18.7. The Labute approximate surface area is 156 Å². The molecule has 11 nitrogen and oxygen atoms in total. The maximum atomic E-state index is 12.1. The zero-order valence-corrected chi connectivity index (χ0v) is 15.2. The molecule has 0 bridgehead atoms. The van der Waals surface area contributed by atoms with Gasteiger partial charge in [-0.1, -0.05) is 11.8 Å². The fraction of sp³-hybridized carbons (Fsp3) is 0.538. The molecule has 26 heavy (non-hydrogen) atoms. The van der Waals surface area contributed by atoms with Gasteiger partial charge in [0, 0.05) is 17.1 Å². The summed E-state index contributed by atoms with van der Waals surface area (Å²) < 4.78 is 1.41. The lowest BCUT2D eigenvalue weighted by Crippen LogP contribution is -2.60. The van der Waals surface area contributed by atoms with Gasteiger partial charge in [-0.15, -0.1) is 16.9 Å². The van der Waals surface area contributed by atoms with E-state index >= 15 is 0 Å². The maximum absolute atomic E-state index is 12.1. The minimum Gasteiger partial charge on any atom is -0.477 e. The van der Waals surface area contributed by atoms with Gasteiger partial charge in [0.2, 0.25) is 17.0 Å². The van der Waals surface area contributed by atoms with Gasteiger partial charge in [-0.25, -0.2) is 9.48 Å². The van der Waals surface area contributed by atoms with Crippen LogP contribution in [-0.4, -0.2) is 70.3 Å². The summed E-state index contributed by atoms with van der Waals surface area (Å²) in [5.74, 6) is -2.43. The summed E-state index contributed by atoms with van der Waals surface area (Å²) in [6.45, 7) is 1.74. The minimum atomic E-state index is -1.19. The topological polar surface area (TPSA) is 165 Å². The van der Waals surface area contributed by atoms with E-state index in [1.165, 1.54) is 40.0 Å². The molecule has 0 aliphatic carbocycles. The van der Waals surface area contributed by atoms with E-state index in [1.54, 1.807) is 0 Å². The van der Waals surface area contributed by atoms with Crippen LogP contribution in [0.4, 0.5) is 0 Å². The first-order valence-electron chi connectivity index (χ1n) is 7.62. The highest BCUT2D eigenvalue weighted by Crippen LogP contribution is 2.51. The van der Waals surface area contributed by atoms with E-state index in [0.717, 1.165) is 0 Å². The van der Waals surface area contributed by atoms with Crippen molar-refractivity contribution in [2.45, 2.75) is 36.5 Å². The van der Waals surface area contributed by atoms with Crippen molar-refractivity contribution >= 4 is 41.3 Å². The third-order valence-corrected chi connectivity index (χ3v) is 6.51. The highest BCUT2D eigenvalue weighted by molar-refractivity contribution is 8.06. The number of amides is 2. The number of tetrazole rings is 1. The molecule has 3 atom stereocenters. The molecule has 2 aliphatic rings. The average molecular weight is 400 g/mol. The molecule has 0 aromatic carbocycles. The number of carboxylic acid groups (broad SMARTS) is 1. The Morgan fingerprint density at radius 1 is 1.46 bits per heavy atom. The number of carbonyl (C=O) groups excluding carboxylic acids is 2. The Bertz CT molecular complexity index is 794. The van der Waals surface area contributed by atoms with Crippen LogP contribution in [0.2, 0.25) is 0 Å². The Morgan fingerprint density at radius 2 is 2.19 bits per heavy atom. The van der Waals surface area contributed by atoms with Crippen molar-refractivity contribution in [2.24, 2.45) is 11.7 Å². The summed E-state index contributed by atoms with van der Waals surface area (Å²) >= 11 is 2.45. The van der Waals surface area contributed by atoms with Crippen LogP contribution < -0.4 is 5.73 Å². The Morgan fingerprint density at radius 3 is 2.81 bits per heavy atom. The summed E-state index contributed by atoms with van der Waals surface area (Å²) in [6, 6.07) is 0. The van der Waals surface area contributed by atoms with Crippen LogP contribution in [0.3, 0.4) is 0 Å². The number of hydrogen-bond donors (Lipinski definition) is 3. The first-order chi connectivity index (χ1) is 12.3. The van der Waals surface area contributed by atoms with Crippen molar-refractivity contribution in [2.75, 3.05) is 5.75 Å². The zero-order chi connectivity index (χ0) is 19.0. The molecule has 4 N–H and O–H groups in total. The number of aliphatic hydroxyl groups excluding tert-OH is 1. The molecule has 0 radical (unpaired) electrons. The number of nitrogens with zero attached hydrogens (tertiary/aromatic N) is 5. The number of aryl methyl sites for hydroxylation is 1. The molecule has 0 spiro atoms. The molecule has 1 unspecified atom stereocenters. The summed E-state index contributed by atoms with van der Waals surface area (Å²) in [5, 5.41) is 30.4. The summed E-state index contributed by atoms with van der Waals surface area (Å²) in [6.07, 6.45) is -0.768. The van der Waals surface area contributed by atoms with Crippen molar-refractivity contribution in [3.8, 4) is 0 Å². The smallest absolute Gasteiger partial charge is 0.353 e. The Kier molecular flexibility index (Phi) is 5.20. The highest BCUT2D eigenvalue weighted by atomic mass is 32.2. The standard InChI is InChI=1S/C13H16N6O5S2/c1-5(20)8-10(22)19-9(12(23)24)6(26-11(8)19)4-25-13-15-16-17-18(13)3-2-7(14)21/h5,8,11,20H,2-4H2,1H3,(H2,14,21)(H,23,24)/t5?,8-,11+/m0/s1. The van der Waals surface area contributed by atoms with Gasteiger partial charge < -0.3 is 15.9 Å². The lowest BCUT2D eigenvalue weighted by atomic mass is 9.92. The minimum absolute atomic E-state index is 0.0643. The molecular formula is C13H16N6O5S2. The van der Waals surface area contributed by atoms with Gasteiger partial charge in [-0.2, -0.15) is 0 Å². The van der Waals surface area contributed by atoms with Crippen molar-refractivity contribution < 1.29 is 24.6 Å². The molecule has 140 valence electrons. The number of fused-ring (bicyclic) bond motifs is 1. The number of aromatic nitrogens is 4. The van der Waals surface area contributed by atoms with Crippen LogP contribution in [0, 0.1) is 5.92 Å². The monoisotopic (exact) mass is 400 g/mol. The van der Waals surface area contributed by atoms with Gasteiger partial charge in [-0.05, 0) is 17.4 Å². The van der Waals surface area contributed by atoms with E-state index in [9.17, 15) is 24.6 Å². The second-order valence-corrected chi connectivity index (χ2v) is 7.90. The Balaban J connectivity index is 1.72. The number of carbonyl (C=O) groups is 3. The normalized spacial score (nSPS) is 23.0. The van der Waals surface area contributed by atoms with Gasteiger partial charge in [-0.3, -0.25) is 14.5 Å². The molecule has 3 rings (SSSR count). The highest BCUT2D eigenvalue weighted by Gasteiger charge is 2.57. The van der Waals surface area contributed by atoms with Gasteiger partial charge in [0.15, 0.2) is 0 Å². The van der Waals surface area contributed by atoms with E-state index in [0.29, 0.717) is 10.1 Å². The number of rotatable bonds is 8. The van der Waals surface area contributed by atoms with E-state index in [4.69, 9.17) is 5.73 Å². The molecular weight excluding hydrogens is 384 g/mol. The summed E-state index contributed by atoms with van der Waals surface area (Å²) in [5.41, 5.74) is 5.05. The molecule has 2 aliphatic heterocycles. The second-order valence-electron chi connectivity index (χ2n) is 5.75. The number of aliphatic hydroxyl groups is 1. The quantitative estimate of drug-likeness (QED) is 0.358. The number of thioether (sulfide) groups is 2. The van der Waals surface area contributed by atoms with Crippen molar-refractivity contribution in [3.05, 3.63) is 10.6 Å². The third-order valence-electron chi connectivity index (χ3n) is 3.98. The number of aliphatic carboxylic acids is 1. The SMILES string of the molecule is CC(O)[C@H]1C(=O)N2C(C(=O)O)=C(CSc3nnnn3CCC(N)=O)S[C@H]12. The molecule has 1 aromatic rings. The van der Waals surface area contributed by atoms with Crippen LogP contribution >= 0.6 is 23.5 Å². The Hall–Kier alpha value is -2.12. The number of β-lactam (4-membered cyclic amide) rings is 1. The van der Waals surface area contributed by atoms with Crippen molar-refractivity contribution in [1.29, 1.82) is 0 Å².